The molecule has 1 aromatic rings. The first-order valence-electron chi connectivity index (χ1n) is 4.43. The number of hydrogen-bond donors (Lipinski definition) is 0. The summed E-state index contributed by atoms with van der Waals surface area (Å²) in [6, 6.07) is 8.91. The van der Waals surface area contributed by atoms with Crippen molar-refractivity contribution in [2.75, 3.05) is 12.5 Å². The molecule has 0 fully saturated rings. The van der Waals surface area contributed by atoms with E-state index in [0.29, 0.717) is 10.9 Å². The van der Waals surface area contributed by atoms with E-state index in [1.807, 2.05) is 0 Å². The Morgan fingerprint density at radius 1 is 1.25 bits per heavy atom. The fraction of sp³-hybridized carbons (Fsp3) is 0.455. The summed E-state index contributed by atoms with van der Waals surface area (Å²) >= 11 is 0. The van der Waals surface area contributed by atoms with Crippen LogP contribution in [0.15, 0.2) is 24.3 Å². The summed E-state index contributed by atoms with van der Waals surface area (Å²) in [5.74, 6) is 0. The van der Waals surface area contributed by atoms with Crippen LogP contribution >= 0.6 is 0 Å². The van der Waals surface area contributed by atoms with Crippen molar-refractivity contribution in [3.8, 4) is 0 Å². The number of aryl methyl sites for hydroxylation is 1. The molecule has 1 aliphatic carbocycles. The van der Waals surface area contributed by atoms with Gasteiger partial charge in [0.1, 0.15) is 5.25 Å². The Labute approximate surface area is 77.3 Å². The summed E-state index contributed by atoms with van der Waals surface area (Å²) < 4.78 is 0. The molecule has 64 valence electrons. The molecule has 2 rings (SSSR count). The van der Waals surface area contributed by atoms with E-state index < -0.39 is 0 Å². The quantitative estimate of drug-likeness (QED) is 0.581. The molecule has 0 heterocycles. The SMILES string of the molecule is C[S+](C)C1CCc2ccccc21. The molecule has 0 saturated heterocycles. The third-order valence-corrected chi connectivity index (χ3v) is 4.27. The summed E-state index contributed by atoms with van der Waals surface area (Å²) in [6.07, 6.45) is 7.38. The Balaban J connectivity index is 2.36. The molecule has 1 aromatic carbocycles. The van der Waals surface area contributed by atoms with Crippen molar-refractivity contribution >= 4 is 10.9 Å². The predicted octanol–water partition coefficient (Wildman–Crippen LogP) is 2.55. The van der Waals surface area contributed by atoms with Crippen LogP contribution in [0, 0.1) is 0 Å². The molecular weight excluding hydrogens is 164 g/mol. The zero-order chi connectivity index (χ0) is 8.55. The van der Waals surface area contributed by atoms with Crippen LogP contribution < -0.4 is 0 Å². The van der Waals surface area contributed by atoms with Crippen molar-refractivity contribution in [1.82, 2.24) is 0 Å². The van der Waals surface area contributed by atoms with Crippen LogP contribution in [0.4, 0.5) is 0 Å². The average molecular weight is 179 g/mol. The molecule has 0 amide bonds. The summed E-state index contributed by atoms with van der Waals surface area (Å²) in [7, 11) is 0.548. The van der Waals surface area contributed by atoms with E-state index in [9.17, 15) is 0 Å². The molecule has 0 saturated carbocycles. The maximum absolute atomic E-state index is 2.35. The Hall–Kier alpha value is -0.430. The standard InChI is InChI=1S/C11H15S/c1-12(2)11-8-7-9-5-3-4-6-10(9)11/h3-6,11H,7-8H2,1-2H3/q+1. The normalized spacial score (nSPS) is 21.4. The molecule has 1 heteroatoms. The van der Waals surface area contributed by atoms with Gasteiger partial charge in [0.2, 0.25) is 0 Å². The molecule has 0 bridgehead atoms. The highest BCUT2D eigenvalue weighted by atomic mass is 32.2. The first-order chi connectivity index (χ1) is 5.79. The maximum atomic E-state index is 2.35. The highest BCUT2D eigenvalue weighted by molar-refractivity contribution is 7.95. The molecule has 0 N–H and O–H groups in total. The van der Waals surface area contributed by atoms with Gasteiger partial charge in [-0.3, -0.25) is 0 Å². The summed E-state index contributed by atoms with van der Waals surface area (Å²) in [5.41, 5.74) is 3.20. The highest BCUT2D eigenvalue weighted by Gasteiger charge is 2.30. The van der Waals surface area contributed by atoms with Gasteiger partial charge in [-0.2, -0.15) is 0 Å². The Kier molecular flexibility index (Phi) is 2.14. The minimum atomic E-state index is 0.548. The van der Waals surface area contributed by atoms with E-state index in [2.05, 4.69) is 36.8 Å². The monoisotopic (exact) mass is 179 g/mol. The highest BCUT2D eigenvalue weighted by Crippen LogP contribution is 2.36. The van der Waals surface area contributed by atoms with Gasteiger partial charge in [-0.15, -0.1) is 0 Å². The second-order valence-corrected chi connectivity index (χ2v) is 5.93. The Morgan fingerprint density at radius 3 is 2.75 bits per heavy atom. The predicted molar refractivity (Wildman–Crippen MR) is 56.7 cm³/mol. The van der Waals surface area contributed by atoms with E-state index in [1.54, 1.807) is 11.1 Å². The van der Waals surface area contributed by atoms with Crippen molar-refractivity contribution in [3.05, 3.63) is 35.4 Å². The summed E-state index contributed by atoms with van der Waals surface area (Å²) in [6.45, 7) is 0. The van der Waals surface area contributed by atoms with Gasteiger partial charge in [0.15, 0.2) is 0 Å². The van der Waals surface area contributed by atoms with Crippen LogP contribution in [0.25, 0.3) is 0 Å². The molecule has 1 atom stereocenters. The first kappa shape index (κ1) is 8.18. The van der Waals surface area contributed by atoms with E-state index in [-0.39, 0.29) is 0 Å². The molecular formula is C11H15S+. The van der Waals surface area contributed by atoms with Crippen molar-refractivity contribution in [3.63, 3.8) is 0 Å². The maximum Gasteiger partial charge on any atom is 0.143 e. The lowest BCUT2D eigenvalue weighted by Gasteiger charge is -2.06. The van der Waals surface area contributed by atoms with E-state index in [1.165, 1.54) is 12.8 Å². The molecule has 0 spiro atoms. The second-order valence-electron chi connectivity index (χ2n) is 3.61. The van der Waals surface area contributed by atoms with Crippen LogP contribution in [0.5, 0.6) is 0 Å². The van der Waals surface area contributed by atoms with Crippen LogP contribution in [0.2, 0.25) is 0 Å². The minimum absolute atomic E-state index is 0.548. The largest absolute Gasteiger partial charge is 0.143 e. The van der Waals surface area contributed by atoms with Crippen LogP contribution in [0.1, 0.15) is 22.8 Å². The van der Waals surface area contributed by atoms with E-state index in [4.69, 9.17) is 0 Å². The van der Waals surface area contributed by atoms with Gasteiger partial charge in [-0.25, -0.2) is 0 Å². The average Bonchev–Trinajstić information content (AvgIpc) is 2.47. The zero-order valence-electron chi connectivity index (χ0n) is 7.71. The van der Waals surface area contributed by atoms with Crippen LogP contribution in [-0.4, -0.2) is 12.5 Å². The lowest BCUT2D eigenvalue weighted by Crippen LogP contribution is -2.06. The van der Waals surface area contributed by atoms with E-state index in [0.717, 1.165) is 5.25 Å². The minimum Gasteiger partial charge on any atom is -0.0620 e. The van der Waals surface area contributed by atoms with Gasteiger partial charge >= 0.3 is 0 Å². The molecule has 0 nitrogen and oxygen atoms in total. The van der Waals surface area contributed by atoms with Crippen molar-refractivity contribution in [2.24, 2.45) is 0 Å². The van der Waals surface area contributed by atoms with Crippen LogP contribution in [0.3, 0.4) is 0 Å². The molecule has 1 unspecified atom stereocenters. The van der Waals surface area contributed by atoms with Gasteiger partial charge < -0.3 is 0 Å². The van der Waals surface area contributed by atoms with E-state index >= 15 is 0 Å². The summed E-state index contributed by atoms with van der Waals surface area (Å²) in [4.78, 5) is 0. The number of hydrogen-bond acceptors (Lipinski definition) is 0. The summed E-state index contributed by atoms with van der Waals surface area (Å²) in [5, 5.41) is 0.848. The molecule has 0 aliphatic heterocycles. The van der Waals surface area contributed by atoms with Gasteiger partial charge in [-0.1, -0.05) is 24.3 Å². The third kappa shape index (κ3) is 1.27. The third-order valence-electron chi connectivity index (χ3n) is 2.65. The van der Waals surface area contributed by atoms with Gasteiger partial charge in [0, 0.05) is 12.0 Å². The molecule has 0 radical (unpaired) electrons. The second kappa shape index (κ2) is 3.14. The van der Waals surface area contributed by atoms with Crippen LogP contribution in [-0.2, 0) is 17.3 Å². The fourth-order valence-electron chi connectivity index (χ4n) is 2.01. The number of fused-ring (bicyclic) bond motifs is 1. The van der Waals surface area contributed by atoms with Crippen molar-refractivity contribution in [2.45, 2.75) is 18.1 Å². The Morgan fingerprint density at radius 2 is 2.00 bits per heavy atom. The van der Waals surface area contributed by atoms with Crippen molar-refractivity contribution in [1.29, 1.82) is 0 Å². The fourth-order valence-corrected chi connectivity index (χ4v) is 3.33. The first-order valence-corrected chi connectivity index (χ1v) is 6.53. The smallest absolute Gasteiger partial charge is 0.0620 e. The lowest BCUT2D eigenvalue weighted by molar-refractivity contribution is 0.886. The number of benzene rings is 1. The molecule has 12 heavy (non-hydrogen) atoms. The number of rotatable bonds is 1. The molecule has 0 aromatic heterocycles. The molecule has 1 aliphatic rings. The van der Waals surface area contributed by atoms with Gasteiger partial charge in [0.05, 0.1) is 12.5 Å². The van der Waals surface area contributed by atoms with Gasteiger partial charge in [-0.05, 0) is 22.9 Å². The lowest BCUT2D eigenvalue weighted by atomic mass is 10.1. The topological polar surface area (TPSA) is 0 Å². The van der Waals surface area contributed by atoms with Gasteiger partial charge in [0.25, 0.3) is 0 Å². The van der Waals surface area contributed by atoms with Crippen molar-refractivity contribution < 1.29 is 0 Å². The zero-order valence-corrected chi connectivity index (χ0v) is 8.53. The Bertz CT molecular complexity index is 278.